The largest absolute Gasteiger partial charge is 0.446 e. The van der Waals surface area contributed by atoms with Crippen LogP contribution in [-0.4, -0.2) is 19.2 Å². The van der Waals surface area contributed by atoms with Gasteiger partial charge in [0.15, 0.2) is 0 Å². The third-order valence-electron chi connectivity index (χ3n) is 1.39. The lowest BCUT2D eigenvalue weighted by atomic mass is 10.2. The Hall–Kier alpha value is -0.730. The molecule has 3 heteroatoms. The summed E-state index contributed by atoms with van der Waals surface area (Å²) in [4.78, 5) is 10.6. The van der Waals surface area contributed by atoms with Crippen LogP contribution in [0.15, 0.2) is 0 Å². The van der Waals surface area contributed by atoms with E-state index >= 15 is 0 Å². The van der Waals surface area contributed by atoms with E-state index in [4.69, 9.17) is 4.74 Å². The van der Waals surface area contributed by atoms with Crippen molar-refractivity contribution < 1.29 is 9.53 Å². The number of nitrogens with one attached hydrogen (secondary N) is 1. The molecule has 0 aliphatic heterocycles. The summed E-state index contributed by atoms with van der Waals surface area (Å²) in [5.41, 5.74) is 0. The molecule has 0 aromatic rings. The van der Waals surface area contributed by atoms with Gasteiger partial charge in [0.25, 0.3) is 0 Å². The maximum atomic E-state index is 10.6. The van der Waals surface area contributed by atoms with E-state index < -0.39 is 0 Å². The molecule has 0 atom stereocenters. The Morgan fingerprint density at radius 3 is 2.30 bits per heavy atom. The molecule has 0 aliphatic rings. The molecule has 0 unspecified atom stereocenters. The Labute approximate surface area is 61.8 Å². The van der Waals surface area contributed by atoms with Gasteiger partial charge in [-0.1, -0.05) is 13.8 Å². The first kappa shape index (κ1) is 9.27. The van der Waals surface area contributed by atoms with Gasteiger partial charge >= 0.3 is 6.09 Å². The third kappa shape index (κ3) is 3.33. The second-order valence-electron chi connectivity index (χ2n) is 2.09. The molecule has 0 spiro atoms. The van der Waals surface area contributed by atoms with Gasteiger partial charge in [-0.05, 0) is 12.8 Å². The SMILES string of the molecule is CCC(CC)OC(=O)NC. The summed E-state index contributed by atoms with van der Waals surface area (Å²) in [7, 11) is 1.56. The molecule has 0 saturated heterocycles. The van der Waals surface area contributed by atoms with Gasteiger partial charge in [-0.2, -0.15) is 0 Å². The average molecular weight is 145 g/mol. The predicted molar refractivity (Wildman–Crippen MR) is 39.9 cm³/mol. The third-order valence-corrected chi connectivity index (χ3v) is 1.39. The summed E-state index contributed by atoms with van der Waals surface area (Å²) in [6.07, 6.45) is 1.49. The first-order valence-corrected chi connectivity index (χ1v) is 3.62. The molecule has 1 amide bonds. The zero-order valence-corrected chi connectivity index (χ0v) is 6.81. The Morgan fingerprint density at radius 1 is 1.50 bits per heavy atom. The Balaban J connectivity index is 3.52. The summed E-state index contributed by atoms with van der Waals surface area (Å²) in [6, 6.07) is 0. The van der Waals surface area contributed by atoms with Crippen molar-refractivity contribution in [2.45, 2.75) is 32.8 Å². The highest BCUT2D eigenvalue weighted by atomic mass is 16.6. The average Bonchev–Trinajstić information content (AvgIpc) is 1.99. The van der Waals surface area contributed by atoms with Crippen LogP contribution in [0.1, 0.15) is 26.7 Å². The monoisotopic (exact) mass is 145 g/mol. The van der Waals surface area contributed by atoms with Crippen LogP contribution in [0.25, 0.3) is 0 Å². The first-order valence-electron chi connectivity index (χ1n) is 3.62. The molecule has 0 radical (unpaired) electrons. The molecule has 0 aromatic carbocycles. The molecule has 0 aromatic heterocycles. The summed E-state index contributed by atoms with van der Waals surface area (Å²) in [5.74, 6) is 0. The van der Waals surface area contributed by atoms with E-state index in [1.165, 1.54) is 0 Å². The topological polar surface area (TPSA) is 38.3 Å². The van der Waals surface area contributed by atoms with Crippen molar-refractivity contribution in [3.63, 3.8) is 0 Å². The molecule has 0 bridgehead atoms. The molecule has 0 rings (SSSR count). The normalized spacial score (nSPS) is 9.60. The molecular formula is C7H15NO2. The molecule has 0 heterocycles. The van der Waals surface area contributed by atoms with Crippen molar-refractivity contribution in [2.24, 2.45) is 0 Å². The van der Waals surface area contributed by atoms with E-state index in [1.807, 2.05) is 13.8 Å². The Bertz CT molecular complexity index is 99.8. The predicted octanol–water partition coefficient (Wildman–Crippen LogP) is 1.53. The Kier molecular flexibility index (Phi) is 4.72. The van der Waals surface area contributed by atoms with E-state index in [0.717, 1.165) is 12.8 Å². The minimum atomic E-state index is -0.339. The van der Waals surface area contributed by atoms with Gasteiger partial charge in [-0.25, -0.2) is 4.79 Å². The molecular weight excluding hydrogens is 130 g/mol. The molecule has 0 aliphatic carbocycles. The van der Waals surface area contributed by atoms with Crippen LogP contribution in [0, 0.1) is 0 Å². The van der Waals surface area contributed by atoms with E-state index in [1.54, 1.807) is 7.05 Å². The fourth-order valence-electron chi connectivity index (χ4n) is 0.666. The number of rotatable bonds is 3. The van der Waals surface area contributed by atoms with Crippen molar-refractivity contribution in [2.75, 3.05) is 7.05 Å². The highest BCUT2D eigenvalue weighted by Crippen LogP contribution is 2.01. The highest BCUT2D eigenvalue weighted by molar-refractivity contribution is 5.66. The molecule has 10 heavy (non-hydrogen) atoms. The van der Waals surface area contributed by atoms with E-state index in [2.05, 4.69) is 5.32 Å². The number of hydrogen-bond acceptors (Lipinski definition) is 2. The fraction of sp³-hybridized carbons (Fsp3) is 0.857. The second kappa shape index (κ2) is 5.09. The maximum absolute atomic E-state index is 10.6. The summed E-state index contributed by atoms with van der Waals surface area (Å²) in [5, 5.41) is 2.40. The van der Waals surface area contributed by atoms with Crippen LogP contribution in [0.3, 0.4) is 0 Å². The number of ether oxygens (including phenoxy) is 1. The summed E-state index contributed by atoms with van der Waals surface area (Å²) < 4.78 is 4.95. The first-order chi connectivity index (χ1) is 4.74. The summed E-state index contributed by atoms with van der Waals surface area (Å²) >= 11 is 0. The molecule has 1 N–H and O–H groups in total. The molecule has 60 valence electrons. The molecule has 3 nitrogen and oxygen atoms in total. The van der Waals surface area contributed by atoms with Gasteiger partial charge in [-0.3, -0.25) is 0 Å². The van der Waals surface area contributed by atoms with Gasteiger partial charge in [-0.15, -0.1) is 0 Å². The molecule has 0 fully saturated rings. The second-order valence-corrected chi connectivity index (χ2v) is 2.09. The van der Waals surface area contributed by atoms with Crippen LogP contribution in [-0.2, 0) is 4.74 Å². The zero-order chi connectivity index (χ0) is 7.98. The lowest BCUT2D eigenvalue weighted by molar-refractivity contribution is 0.0948. The van der Waals surface area contributed by atoms with Crippen LogP contribution in [0.4, 0.5) is 4.79 Å². The smallest absolute Gasteiger partial charge is 0.407 e. The van der Waals surface area contributed by atoms with Gasteiger partial charge < -0.3 is 10.1 Å². The van der Waals surface area contributed by atoms with Gasteiger partial charge in [0.05, 0.1) is 0 Å². The van der Waals surface area contributed by atoms with Gasteiger partial charge in [0, 0.05) is 7.05 Å². The lowest BCUT2D eigenvalue weighted by Gasteiger charge is -2.12. The number of carbonyl (C=O) groups excluding carboxylic acids is 1. The van der Waals surface area contributed by atoms with E-state index in [-0.39, 0.29) is 12.2 Å². The highest BCUT2D eigenvalue weighted by Gasteiger charge is 2.06. The fourth-order valence-corrected chi connectivity index (χ4v) is 0.666. The number of alkyl carbamates (subject to hydrolysis) is 1. The number of hydrogen-bond donors (Lipinski definition) is 1. The van der Waals surface area contributed by atoms with E-state index in [0.29, 0.717) is 0 Å². The van der Waals surface area contributed by atoms with E-state index in [9.17, 15) is 4.79 Å². The number of amides is 1. The van der Waals surface area contributed by atoms with Gasteiger partial charge in [0.1, 0.15) is 6.10 Å². The minimum Gasteiger partial charge on any atom is -0.446 e. The van der Waals surface area contributed by atoms with Crippen LogP contribution >= 0.6 is 0 Å². The van der Waals surface area contributed by atoms with Crippen LogP contribution in [0.2, 0.25) is 0 Å². The van der Waals surface area contributed by atoms with Crippen molar-refractivity contribution in [1.82, 2.24) is 5.32 Å². The maximum Gasteiger partial charge on any atom is 0.407 e. The lowest BCUT2D eigenvalue weighted by Crippen LogP contribution is -2.25. The van der Waals surface area contributed by atoms with Crippen molar-refractivity contribution in [1.29, 1.82) is 0 Å². The standard InChI is InChI=1S/C7H15NO2/c1-4-6(5-2)10-7(9)8-3/h6H,4-5H2,1-3H3,(H,8,9). The zero-order valence-electron chi connectivity index (χ0n) is 6.81. The van der Waals surface area contributed by atoms with Crippen LogP contribution in [0.5, 0.6) is 0 Å². The number of carbonyl (C=O) groups is 1. The van der Waals surface area contributed by atoms with Gasteiger partial charge in [0.2, 0.25) is 0 Å². The quantitative estimate of drug-likeness (QED) is 0.654. The van der Waals surface area contributed by atoms with Crippen molar-refractivity contribution in [3.05, 3.63) is 0 Å². The Morgan fingerprint density at radius 2 is 2.00 bits per heavy atom. The summed E-state index contributed by atoms with van der Waals surface area (Å²) in [6.45, 7) is 3.99. The van der Waals surface area contributed by atoms with Crippen LogP contribution < -0.4 is 5.32 Å². The minimum absolute atomic E-state index is 0.0694. The van der Waals surface area contributed by atoms with Crippen molar-refractivity contribution in [3.8, 4) is 0 Å². The van der Waals surface area contributed by atoms with Crippen molar-refractivity contribution >= 4 is 6.09 Å². The molecule has 0 saturated carbocycles.